The minimum atomic E-state index is -4.38. The molecule has 5 N–H and O–H groups in total. The summed E-state index contributed by atoms with van der Waals surface area (Å²) in [5.41, 5.74) is 8.79. The Kier molecular flexibility index (Phi) is 6.65. The van der Waals surface area contributed by atoms with E-state index in [4.69, 9.17) is 18.0 Å². The summed E-state index contributed by atoms with van der Waals surface area (Å²) < 4.78 is 38.1. The van der Waals surface area contributed by atoms with Gasteiger partial charge in [0.25, 0.3) is 0 Å². The molecule has 0 radical (unpaired) electrons. The van der Waals surface area contributed by atoms with Crippen molar-refractivity contribution in [3.8, 4) is 0 Å². The van der Waals surface area contributed by atoms with Crippen LogP contribution in [0.4, 0.5) is 24.5 Å². The third-order valence-electron chi connectivity index (χ3n) is 4.42. The van der Waals surface area contributed by atoms with E-state index < -0.39 is 11.7 Å². The molecular formula is C22H22F3N5S. The number of fused-ring (bicyclic) bond motifs is 1. The van der Waals surface area contributed by atoms with Gasteiger partial charge in [0, 0.05) is 46.8 Å². The minimum absolute atomic E-state index is 0.150. The Hall–Kier alpha value is -3.33. The fourth-order valence-electron chi connectivity index (χ4n) is 2.87. The molecule has 0 fully saturated rings. The molecule has 0 saturated carbocycles. The molecule has 162 valence electrons. The summed E-state index contributed by atoms with van der Waals surface area (Å²) in [6.07, 6.45) is 0.630. The van der Waals surface area contributed by atoms with Gasteiger partial charge in [0.05, 0.1) is 11.3 Å². The van der Waals surface area contributed by atoms with E-state index in [0.29, 0.717) is 5.69 Å². The second kappa shape index (κ2) is 9.22. The largest absolute Gasteiger partial charge is 0.416 e. The van der Waals surface area contributed by atoms with Crippen molar-refractivity contribution in [2.75, 3.05) is 10.6 Å². The molecule has 3 rings (SSSR count). The van der Waals surface area contributed by atoms with Gasteiger partial charge < -0.3 is 21.4 Å². The number of benzene rings is 2. The van der Waals surface area contributed by atoms with Crippen molar-refractivity contribution >= 4 is 51.4 Å². The molecule has 3 aromatic rings. The van der Waals surface area contributed by atoms with Crippen LogP contribution in [-0.2, 0) is 6.18 Å². The molecular weight excluding hydrogens is 423 g/mol. The molecule has 0 aliphatic heterocycles. The lowest BCUT2D eigenvalue weighted by Crippen LogP contribution is -2.19. The Morgan fingerprint density at radius 1 is 1.13 bits per heavy atom. The Balaban J connectivity index is 1.77. The number of H-pyrrole nitrogens is 1. The molecule has 0 unspecified atom stereocenters. The topological polar surface area (TPSA) is 78.2 Å². The van der Waals surface area contributed by atoms with Crippen LogP contribution in [0.3, 0.4) is 0 Å². The van der Waals surface area contributed by atoms with Gasteiger partial charge in [-0.2, -0.15) is 13.2 Å². The summed E-state index contributed by atoms with van der Waals surface area (Å²) in [4.78, 5) is 7.54. The molecule has 2 aromatic carbocycles. The summed E-state index contributed by atoms with van der Waals surface area (Å²) in [5, 5.41) is 7.10. The second-order valence-electron chi connectivity index (χ2n) is 7.11. The molecule has 0 bridgehead atoms. The van der Waals surface area contributed by atoms with Gasteiger partial charge in [-0.05, 0) is 68.0 Å². The van der Waals surface area contributed by atoms with Crippen molar-refractivity contribution < 1.29 is 13.2 Å². The van der Waals surface area contributed by atoms with Crippen LogP contribution >= 0.6 is 12.2 Å². The number of aromatic amines is 1. The summed E-state index contributed by atoms with van der Waals surface area (Å²) in [6, 6.07) is 10.6. The molecule has 31 heavy (non-hydrogen) atoms. The third-order valence-corrected chi connectivity index (χ3v) is 4.63. The Morgan fingerprint density at radius 2 is 1.84 bits per heavy atom. The first-order chi connectivity index (χ1) is 14.7. The number of nitrogens with two attached hydrogens (primary N) is 1. The molecule has 0 aliphatic carbocycles. The van der Waals surface area contributed by atoms with Crippen LogP contribution in [0.15, 0.2) is 59.9 Å². The number of thiocarbonyl (C=S) groups is 1. The van der Waals surface area contributed by atoms with Gasteiger partial charge in [0.2, 0.25) is 0 Å². The first kappa shape index (κ1) is 22.4. The highest BCUT2D eigenvalue weighted by Gasteiger charge is 2.29. The fourth-order valence-corrected chi connectivity index (χ4v) is 3.10. The number of hydrogen-bond acceptors (Lipinski definition) is 3. The molecule has 0 spiro atoms. The number of aromatic nitrogens is 1. The standard InChI is InChI=1S/C22H22F3N5S/c1-13(2)27-11-15(10-26)14-3-8-19-18(9-14)20(12-28-19)30-21(31)29-17-6-4-16(5-7-17)22(23,24)25/h3-13,28H,26H2,1-2H3,(H2,29,30,31)/b15-10+,27-11?. The van der Waals surface area contributed by atoms with Crippen molar-refractivity contribution in [3.05, 3.63) is 66.0 Å². The average molecular weight is 446 g/mol. The predicted octanol–water partition coefficient (Wildman–Crippen LogP) is 5.77. The van der Waals surface area contributed by atoms with Gasteiger partial charge >= 0.3 is 6.18 Å². The quantitative estimate of drug-likeness (QED) is 0.297. The fraction of sp³-hybridized carbons (Fsp3) is 0.182. The highest BCUT2D eigenvalue weighted by Crippen LogP contribution is 2.30. The van der Waals surface area contributed by atoms with Crippen molar-refractivity contribution in [3.63, 3.8) is 0 Å². The molecule has 1 aromatic heterocycles. The lowest BCUT2D eigenvalue weighted by molar-refractivity contribution is -0.137. The number of aliphatic imine (C=N–C) groups is 1. The van der Waals surface area contributed by atoms with Gasteiger partial charge in [-0.25, -0.2) is 0 Å². The van der Waals surface area contributed by atoms with E-state index in [9.17, 15) is 13.2 Å². The number of hydrogen-bond donors (Lipinski definition) is 4. The van der Waals surface area contributed by atoms with E-state index in [-0.39, 0.29) is 11.2 Å². The van der Waals surface area contributed by atoms with E-state index in [1.807, 2.05) is 32.0 Å². The minimum Gasteiger partial charge on any atom is -0.404 e. The number of allylic oxidation sites excluding steroid dienone is 1. The van der Waals surface area contributed by atoms with Crippen LogP contribution in [0, 0.1) is 0 Å². The lowest BCUT2D eigenvalue weighted by Gasteiger charge is -2.12. The molecule has 5 nitrogen and oxygen atoms in total. The first-order valence-electron chi connectivity index (χ1n) is 9.49. The summed E-state index contributed by atoms with van der Waals surface area (Å²) in [6.45, 7) is 3.96. The molecule has 0 saturated heterocycles. The number of nitrogens with zero attached hydrogens (tertiary/aromatic N) is 1. The zero-order valence-electron chi connectivity index (χ0n) is 16.9. The smallest absolute Gasteiger partial charge is 0.404 e. The van der Waals surface area contributed by atoms with Crippen LogP contribution in [-0.4, -0.2) is 22.4 Å². The molecule has 1 heterocycles. The Labute approximate surface area is 183 Å². The van der Waals surface area contributed by atoms with Crippen molar-refractivity contribution in [1.82, 2.24) is 4.98 Å². The molecule has 0 atom stereocenters. The summed E-state index contributed by atoms with van der Waals surface area (Å²) >= 11 is 5.32. The van der Waals surface area contributed by atoms with Crippen LogP contribution in [0.5, 0.6) is 0 Å². The van der Waals surface area contributed by atoms with Crippen LogP contribution in [0.1, 0.15) is 25.0 Å². The van der Waals surface area contributed by atoms with E-state index in [1.54, 1.807) is 12.4 Å². The van der Waals surface area contributed by atoms with Gasteiger partial charge in [0.15, 0.2) is 5.11 Å². The normalized spacial score (nSPS) is 12.6. The van der Waals surface area contributed by atoms with Crippen LogP contribution in [0.25, 0.3) is 16.5 Å². The average Bonchev–Trinajstić information content (AvgIpc) is 3.10. The maximum atomic E-state index is 12.7. The van der Waals surface area contributed by atoms with Crippen LogP contribution in [0.2, 0.25) is 0 Å². The van der Waals surface area contributed by atoms with E-state index in [0.717, 1.165) is 39.9 Å². The number of halogens is 3. The zero-order chi connectivity index (χ0) is 22.6. The lowest BCUT2D eigenvalue weighted by atomic mass is 10.1. The Bertz CT molecular complexity index is 1130. The monoisotopic (exact) mass is 445 g/mol. The summed E-state index contributed by atoms with van der Waals surface area (Å²) in [7, 11) is 0. The third kappa shape index (κ3) is 5.64. The zero-order valence-corrected chi connectivity index (χ0v) is 17.7. The molecule has 0 amide bonds. The van der Waals surface area contributed by atoms with Gasteiger partial charge in [-0.1, -0.05) is 6.07 Å². The van der Waals surface area contributed by atoms with Crippen molar-refractivity contribution in [2.24, 2.45) is 10.7 Å². The van der Waals surface area contributed by atoms with Crippen LogP contribution < -0.4 is 16.4 Å². The maximum absolute atomic E-state index is 12.7. The maximum Gasteiger partial charge on any atom is 0.416 e. The highest BCUT2D eigenvalue weighted by molar-refractivity contribution is 7.80. The summed E-state index contributed by atoms with van der Waals surface area (Å²) in [5.74, 6) is 0. The van der Waals surface area contributed by atoms with Gasteiger partial charge in [0.1, 0.15) is 0 Å². The Morgan fingerprint density at radius 3 is 2.45 bits per heavy atom. The van der Waals surface area contributed by atoms with Gasteiger partial charge in [-0.15, -0.1) is 0 Å². The number of rotatable bonds is 5. The predicted molar refractivity (Wildman–Crippen MR) is 125 cm³/mol. The SMILES string of the molecule is CC(C)N=C/C(=C\N)c1ccc2[nH]cc(NC(=S)Nc3ccc(C(F)(F)F)cc3)c2c1. The first-order valence-corrected chi connectivity index (χ1v) is 9.90. The van der Waals surface area contributed by atoms with E-state index in [2.05, 4.69) is 20.6 Å². The molecule has 9 heteroatoms. The number of anilines is 2. The van der Waals surface area contributed by atoms with E-state index >= 15 is 0 Å². The van der Waals surface area contributed by atoms with E-state index in [1.165, 1.54) is 18.3 Å². The van der Waals surface area contributed by atoms with Crippen molar-refractivity contribution in [1.29, 1.82) is 0 Å². The number of nitrogens with one attached hydrogen (secondary N) is 3. The number of alkyl halides is 3. The highest BCUT2D eigenvalue weighted by atomic mass is 32.1. The second-order valence-corrected chi connectivity index (χ2v) is 7.52. The van der Waals surface area contributed by atoms with Crippen molar-refractivity contribution in [2.45, 2.75) is 26.1 Å². The molecule has 0 aliphatic rings. The van der Waals surface area contributed by atoms with Gasteiger partial charge in [-0.3, -0.25) is 4.99 Å².